The minimum atomic E-state index is 0.572. The van der Waals surface area contributed by atoms with E-state index >= 15 is 0 Å². The first-order chi connectivity index (χ1) is 4.61. The van der Waals surface area contributed by atoms with Crippen molar-refractivity contribution in [2.45, 2.75) is 9.79 Å². The Kier molecular flexibility index (Phi) is 2.39. The van der Waals surface area contributed by atoms with E-state index in [0.29, 0.717) is 20.5 Å². The number of hydrogen-bond acceptors (Lipinski definition) is 3. The summed E-state index contributed by atoms with van der Waals surface area (Å²) >= 11 is 13.8. The van der Waals surface area contributed by atoms with Gasteiger partial charge in [0, 0.05) is 15.5 Å². The molecule has 0 aromatic heterocycles. The Morgan fingerprint density at radius 1 is 1.20 bits per heavy atom. The van der Waals surface area contributed by atoms with Crippen LogP contribution in [0.5, 0.6) is 0 Å². The molecule has 1 aromatic rings. The zero-order chi connectivity index (χ0) is 7.72. The van der Waals surface area contributed by atoms with Gasteiger partial charge in [-0.05, 0) is 12.1 Å². The molecule has 0 aliphatic rings. The summed E-state index contributed by atoms with van der Waals surface area (Å²) < 4.78 is 0. The van der Waals surface area contributed by atoms with Crippen molar-refractivity contribution in [2.24, 2.45) is 0 Å². The van der Waals surface area contributed by atoms with Gasteiger partial charge in [-0.25, -0.2) is 0 Å². The third kappa shape index (κ3) is 1.54. The second-order valence-corrected chi connectivity index (χ2v) is 3.23. The van der Waals surface area contributed by atoms with Crippen LogP contribution in [0.3, 0.4) is 0 Å². The van der Waals surface area contributed by atoms with E-state index in [4.69, 9.17) is 17.3 Å². The average molecular weight is 192 g/mol. The first-order valence-electron chi connectivity index (χ1n) is 2.58. The van der Waals surface area contributed by atoms with Crippen LogP contribution in [0.15, 0.2) is 21.9 Å². The van der Waals surface area contributed by atoms with Gasteiger partial charge < -0.3 is 5.73 Å². The summed E-state index contributed by atoms with van der Waals surface area (Å²) in [5, 5.41) is 0.572. The number of thiol groups is 2. The third-order valence-electron chi connectivity index (χ3n) is 1.10. The Labute approximate surface area is 75.4 Å². The lowest BCUT2D eigenvalue weighted by Gasteiger charge is -2.00. The highest BCUT2D eigenvalue weighted by molar-refractivity contribution is 7.81. The summed E-state index contributed by atoms with van der Waals surface area (Å²) in [7, 11) is 0. The highest BCUT2D eigenvalue weighted by atomic mass is 35.5. The van der Waals surface area contributed by atoms with E-state index in [2.05, 4.69) is 25.3 Å². The molecule has 0 saturated carbocycles. The van der Waals surface area contributed by atoms with Crippen LogP contribution in [0.2, 0.25) is 5.02 Å². The quantitative estimate of drug-likeness (QED) is 0.427. The van der Waals surface area contributed by atoms with Crippen LogP contribution < -0.4 is 5.73 Å². The predicted molar refractivity (Wildman–Crippen MR) is 50.4 cm³/mol. The van der Waals surface area contributed by atoms with Gasteiger partial charge in [0.15, 0.2) is 0 Å². The minimum absolute atomic E-state index is 0.572. The standard InChI is InChI=1S/C6H6ClNS2/c7-3-1-6(10)4(8)2-5(3)9/h1-2,9-10H,8H2. The Bertz CT molecular complexity index is 212. The lowest BCUT2D eigenvalue weighted by Crippen LogP contribution is -1.86. The fraction of sp³-hybridized carbons (Fsp3) is 0. The highest BCUT2D eigenvalue weighted by Gasteiger charge is 1.99. The summed E-state index contributed by atoms with van der Waals surface area (Å²) in [6, 6.07) is 3.34. The molecule has 0 bridgehead atoms. The highest BCUT2D eigenvalue weighted by Crippen LogP contribution is 2.27. The molecule has 0 aliphatic carbocycles. The average Bonchev–Trinajstić information content (AvgIpc) is 1.84. The molecule has 1 nitrogen and oxygen atoms in total. The summed E-state index contributed by atoms with van der Waals surface area (Å²) in [6.45, 7) is 0. The van der Waals surface area contributed by atoms with Gasteiger partial charge in [-0.2, -0.15) is 0 Å². The van der Waals surface area contributed by atoms with Gasteiger partial charge in [0.05, 0.1) is 5.02 Å². The van der Waals surface area contributed by atoms with E-state index in [9.17, 15) is 0 Å². The first kappa shape index (κ1) is 8.11. The van der Waals surface area contributed by atoms with Gasteiger partial charge in [-0.1, -0.05) is 11.6 Å². The van der Waals surface area contributed by atoms with Crippen LogP contribution in [0, 0.1) is 0 Å². The number of nitrogen functional groups attached to an aromatic ring is 1. The van der Waals surface area contributed by atoms with E-state index in [-0.39, 0.29) is 0 Å². The molecular formula is C6H6ClNS2. The lowest BCUT2D eigenvalue weighted by molar-refractivity contribution is 1.37. The maximum atomic E-state index is 5.71. The van der Waals surface area contributed by atoms with Crippen LogP contribution in [0.4, 0.5) is 5.69 Å². The van der Waals surface area contributed by atoms with Crippen molar-refractivity contribution in [3.05, 3.63) is 17.2 Å². The number of nitrogens with two attached hydrogens (primary N) is 1. The maximum Gasteiger partial charge on any atom is 0.0551 e. The van der Waals surface area contributed by atoms with Crippen LogP contribution in [-0.2, 0) is 0 Å². The Morgan fingerprint density at radius 3 is 2.30 bits per heavy atom. The molecule has 0 heterocycles. The molecule has 0 unspecified atom stereocenters. The second-order valence-electron chi connectivity index (χ2n) is 1.86. The molecule has 2 N–H and O–H groups in total. The van der Waals surface area contributed by atoms with Crippen LogP contribution >= 0.6 is 36.9 Å². The number of halogens is 1. The zero-order valence-corrected chi connectivity index (χ0v) is 7.55. The van der Waals surface area contributed by atoms with Gasteiger partial charge in [-0.3, -0.25) is 0 Å². The SMILES string of the molecule is Nc1cc(S)c(Cl)cc1S. The Morgan fingerprint density at radius 2 is 1.80 bits per heavy atom. The lowest BCUT2D eigenvalue weighted by atomic mass is 10.3. The number of benzene rings is 1. The normalized spacial score (nSPS) is 9.90. The van der Waals surface area contributed by atoms with Crippen molar-refractivity contribution < 1.29 is 0 Å². The Balaban J connectivity index is 3.28. The number of rotatable bonds is 0. The molecule has 0 saturated heterocycles. The summed E-state index contributed by atoms with van der Waals surface area (Å²) in [5.74, 6) is 0. The van der Waals surface area contributed by atoms with Crippen LogP contribution in [-0.4, -0.2) is 0 Å². The number of hydrogen-bond donors (Lipinski definition) is 3. The monoisotopic (exact) mass is 191 g/mol. The predicted octanol–water partition coefficient (Wildman–Crippen LogP) is 2.50. The second kappa shape index (κ2) is 2.95. The smallest absolute Gasteiger partial charge is 0.0551 e. The van der Waals surface area contributed by atoms with Crippen molar-refractivity contribution in [1.82, 2.24) is 0 Å². The molecule has 54 valence electrons. The van der Waals surface area contributed by atoms with Crippen molar-refractivity contribution >= 4 is 42.5 Å². The molecule has 1 rings (SSSR count). The molecule has 1 aromatic carbocycles. The van der Waals surface area contributed by atoms with Crippen molar-refractivity contribution in [2.75, 3.05) is 5.73 Å². The fourth-order valence-corrected chi connectivity index (χ4v) is 1.20. The molecular weight excluding hydrogens is 186 g/mol. The van der Waals surface area contributed by atoms with Crippen LogP contribution in [0.1, 0.15) is 0 Å². The van der Waals surface area contributed by atoms with Crippen molar-refractivity contribution in [3.8, 4) is 0 Å². The van der Waals surface area contributed by atoms with E-state index in [1.165, 1.54) is 0 Å². The molecule has 0 aliphatic heterocycles. The molecule has 0 amide bonds. The summed E-state index contributed by atoms with van der Waals surface area (Å²) in [5.41, 5.74) is 6.10. The molecule has 10 heavy (non-hydrogen) atoms. The minimum Gasteiger partial charge on any atom is -0.398 e. The van der Waals surface area contributed by atoms with E-state index in [0.717, 1.165) is 0 Å². The number of anilines is 1. The summed E-state index contributed by atoms with van der Waals surface area (Å²) in [6.07, 6.45) is 0. The molecule has 0 spiro atoms. The molecule has 0 fully saturated rings. The van der Waals surface area contributed by atoms with Crippen LogP contribution in [0.25, 0.3) is 0 Å². The van der Waals surface area contributed by atoms with E-state index < -0.39 is 0 Å². The summed E-state index contributed by atoms with van der Waals surface area (Å²) in [4.78, 5) is 1.36. The first-order valence-corrected chi connectivity index (χ1v) is 3.85. The van der Waals surface area contributed by atoms with E-state index in [1.807, 2.05) is 0 Å². The molecule has 4 heteroatoms. The zero-order valence-electron chi connectivity index (χ0n) is 5.00. The Hall–Kier alpha value is 0.01000. The van der Waals surface area contributed by atoms with Gasteiger partial charge in [0.2, 0.25) is 0 Å². The van der Waals surface area contributed by atoms with Gasteiger partial charge in [0.1, 0.15) is 0 Å². The van der Waals surface area contributed by atoms with Crippen molar-refractivity contribution in [1.29, 1.82) is 0 Å². The molecule has 0 atom stereocenters. The maximum absolute atomic E-state index is 5.71. The van der Waals surface area contributed by atoms with Gasteiger partial charge in [-0.15, -0.1) is 25.3 Å². The van der Waals surface area contributed by atoms with Gasteiger partial charge in [0.25, 0.3) is 0 Å². The van der Waals surface area contributed by atoms with Crippen molar-refractivity contribution in [3.63, 3.8) is 0 Å². The largest absolute Gasteiger partial charge is 0.398 e. The fourth-order valence-electron chi connectivity index (χ4n) is 0.567. The third-order valence-corrected chi connectivity index (χ3v) is 2.30. The van der Waals surface area contributed by atoms with Gasteiger partial charge >= 0.3 is 0 Å². The van der Waals surface area contributed by atoms with E-state index in [1.54, 1.807) is 12.1 Å². The molecule has 0 radical (unpaired) electrons. The topological polar surface area (TPSA) is 26.0 Å².